The Kier molecular flexibility index (Phi) is 4.35. The first-order chi connectivity index (χ1) is 11.7. The highest BCUT2D eigenvalue weighted by atomic mass is 19.1. The molecule has 1 heterocycles. The van der Waals surface area contributed by atoms with E-state index in [9.17, 15) is 14.4 Å². The minimum Gasteiger partial charge on any atom is -0.457 e. The van der Waals surface area contributed by atoms with Crippen molar-refractivity contribution in [2.24, 2.45) is 0 Å². The number of benzene rings is 2. The summed E-state index contributed by atoms with van der Waals surface area (Å²) >= 11 is 0. The van der Waals surface area contributed by atoms with Gasteiger partial charge in [0.15, 0.2) is 0 Å². The first-order valence-corrected chi connectivity index (χ1v) is 7.25. The van der Waals surface area contributed by atoms with Gasteiger partial charge in [-0.1, -0.05) is 42.5 Å². The molecule has 0 radical (unpaired) electrons. The Labute approximate surface area is 138 Å². The number of carbonyl (C=O) groups is 1. The highest BCUT2D eigenvalue weighted by Gasteiger charge is 2.13. The van der Waals surface area contributed by atoms with Crippen molar-refractivity contribution in [1.29, 1.82) is 5.26 Å². The Bertz CT molecular complexity index is 949. The lowest BCUT2D eigenvalue weighted by Gasteiger charge is -1.99. The monoisotopic (exact) mass is 317 g/mol. The molecule has 0 saturated carbocycles. The molecule has 0 aliphatic heterocycles. The number of nitriles is 1. The number of halogens is 1. The van der Waals surface area contributed by atoms with Crippen molar-refractivity contribution >= 4 is 11.9 Å². The summed E-state index contributed by atoms with van der Waals surface area (Å²) in [6.45, 7) is 0. The summed E-state index contributed by atoms with van der Waals surface area (Å²) in [4.78, 5) is 12.3. The molecule has 0 aliphatic rings. The molecule has 3 nitrogen and oxygen atoms in total. The molecule has 1 aromatic heterocycles. The molecular formula is C20H12FNO2. The molecule has 0 bridgehead atoms. The fraction of sp³-hybridized carbons (Fsp3) is 0. The van der Waals surface area contributed by atoms with Crippen LogP contribution < -0.4 is 0 Å². The third-order valence-electron chi connectivity index (χ3n) is 3.45. The molecule has 0 unspecified atom stereocenters. The lowest BCUT2D eigenvalue weighted by molar-refractivity contribution is 0.104. The van der Waals surface area contributed by atoms with Gasteiger partial charge in [0, 0.05) is 11.6 Å². The normalized spacial score (nSPS) is 11.1. The summed E-state index contributed by atoms with van der Waals surface area (Å²) in [6, 6.07) is 19.8. The van der Waals surface area contributed by atoms with E-state index in [-0.39, 0.29) is 11.4 Å². The van der Waals surface area contributed by atoms with Gasteiger partial charge in [-0.05, 0) is 24.3 Å². The Morgan fingerprint density at radius 2 is 1.71 bits per heavy atom. The van der Waals surface area contributed by atoms with Crippen LogP contribution in [0.15, 0.2) is 76.7 Å². The number of hydrogen-bond acceptors (Lipinski definition) is 3. The molecule has 0 atom stereocenters. The van der Waals surface area contributed by atoms with E-state index in [0.717, 1.165) is 0 Å². The topological polar surface area (TPSA) is 54.0 Å². The maximum Gasteiger partial charge on any atom is 0.203 e. The molecule has 0 amide bonds. The van der Waals surface area contributed by atoms with Crippen molar-refractivity contribution in [3.63, 3.8) is 0 Å². The van der Waals surface area contributed by atoms with Crippen LogP contribution in [0.25, 0.3) is 17.4 Å². The Balaban J connectivity index is 1.92. The number of furan rings is 1. The van der Waals surface area contributed by atoms with E-state index in [1.165, 1.54) is 12.1 Å². The highest BCUT2D eigenvalue weighted by Crippen LogP contribution is 2.26. The molecule has 3 aromatic rings. The summed E-state index contributed by atoms with van der Waals surface area (Å²) in [5.74, 6) is -0.136. The van der Waals surface area contributed by atoms with Crippen LogP contribution in [0.3, 0.4) is 0 Å². The number of rotatable bonds is 4. The van der Waals surface area contributed by atoms with Gasteiger partial charge in [0.1, 0.15) is 29.0 Å². The van der Waals surface area contributed by atoms with Crippen LogP contribution in [-0.4, -0.2) is 5.78 Å². The van der Waals surface area contributed by atoms with E-state index >= 15 is 0 Å². The second kappa shape index (κ2) is 6.76. The van der Waals surface area contributed by atoms with E-state index in [4.69, 9.17) is 4.42 Å². The first kappa shape index (κ1) is 15.4. The smallest absolute Gasteiger partial charge is 0.203 e. The van der Waals surface area contributed by atoms with Gasteiger partial charge >= 0.3 is 0 Å². The minimum atomic E-state index is -0.400. The second-order valence-corrected chi connectivity index (χ2v) is 5.05. The zero-order valence-corrected chi connectivity index (χ0v) is 12.6. The van der Waals surface area contributed by atoms with Crippen LogP contribution in [0.2, 0.25) is 0 Å². The van der Waals surface area contributed by atoms with Crippen LogP contribution in [0.1, 0.15) is 16.1 Å². The van der Waals surface area contributed by atoms with Crippen molar-refractivity contribution < 1.29 is 13.6 Å². The molecule has 2 aromatic carbocycles. The van der Waals surface area contributed by atoms with E-state index in [2.05, 4.69) is 0 Å². The quantitative estimate of drug-likeness (QED) is 0.391. The van der Waals surface area contributed by atoms with Gasteiger partial charge in [0.25, 0.3) is 0 Å². The zero-order valence-electron chi connectivity index (χ0n) is 12.6. The Morgan fingerprint density at radius 1 is 1.00 bits per heavy atom. The molecule has 0 aliphatic carbocycles. The number of allylic oxidation sites excluding steroid dienone is 1. The average molecular weight is 317 g/mol. The standard InChI is InChI=1S/C20H12FNO2/c21-18-9-5-4-8-17(18)19-11-10-16(24-19)12-15(13-22)20(23)14-6-2-1-3-7-14/h1-12H/b15-12+. The molecule has 116 valence electrons. The van der Waals surface area contributed by atoms with Gasteiger partial charge in [-0.15, -0.1) is 0 Å². The first-order valence-electron chi connectivity index (χ1n) is 7.25. The molecule has 0 N–H and O–H groups in total. The number of hydrogen-bond donors (Lipinski definition) is 0. The van der Waals surface area contributed by atoms with Crippen molar-refractivity contribution in [2.45, 2.75) is 0 Å². The molecule has 0 saturated heterocycles. The summed E-state index contributed by atoms with van der Waals surface area (Å²) in [6.07, 6.45) is 1.36. The lowest BCUT2D eigenvalue weighted by Crippen LogP contribution is -2.01. The second-order valence-electron chi connectivity index (χ2n) is 5.05. The van der Waals surface area contributed by atoms with Crippen molar-refractivity contribution in [3.05, 3.63) is 89.4 Å². The van der Waals surface area contributed by atoms with Crippen molar-refractivity contribution in [2.75, 3.05) is 0 Å². The molecular weight excluding hydrogens is 305 g/mol. The van der Waals surface area contributed by atoms with Crippen LogP contribution in [0.4, 0.5) is 4.39 Å². The maximum atomic E-state index is 13.8. The summed E-state index contributed by atoms with van der Waals surface area (Å²) in [5.41, 5.74) is 0.701. The predicted molar refractivity (Wildman–Crippen MR) is 88.5 cm³/mol. The van der Waals surface area contributed by atoms with E-state index < -0.39 is 5.82 Å². The van der Waals surface area contributed by atoms with E-state index in [1.54, 1.807) is 60.7 Å². The molecule has 0 fully saturated rings. The van der Waals surface area contributed by atoms with Gasteiger partial charge in [-0.2, -0.15) is 5.26 Å². The van der Waals surface area contributed by atoms with Gasteiger partial charge in [0.2, 0.25) is 5.78 Å². The number of nitrogens with zero attached hydrogens (tertiary/aromatic N) is 1. The fourth-order valence-electron chi connectivity index (χ4n) is 2.27. The van der Waals surface area contributed by atoms with Crippen LogP contribution in [-0.2, 0) is 0 Å². The van der Waals surface area contributed by atoms with Gasteiger partial charge < -0.3 is 4.42 Å². The number of Topliss-reactive ketones (excluding diaryl/α,β-unsaturated/α-hetero) is 1. The fourth-order valence-corrected chi connectivity index (χ4v) is 2.27. The van der Waals surface area contributed by atoms with Crippen LogP contribution in [0.5, 0.6) is 0 Å². The molecule has 24 heavy (non-hydrogen) atoms. The minimum absolute atomic E-state index is 0.0457. The maximum absolute atomic E-state index is 13.8. The van der Waals surface area contributed by atoms with E-state index in [1.807, 2.05) is 6.07 Å². The Morgan fingerprint density at radius 3 is 2.42 bits per heavy atom. The van der Waals surface area contributed by atoms with Crippen molar-refractivity contribution in [1.82, 2.24) is 0 Å². The number of ketones is 1. The van der Waals surface area contributed by atoms with Gasteiger partial charge in [-0.3, -0.25) is 4.79 Å². The SMILES string of the molecule is N#C/C(=C\c1ccc(-c2ccccc2F)o1)C(=O)c1ccccc1. The average Bonchev–Trinajstić information content (AvgIpc) is 3.08. The van der Waals surface area contributed by atoms with Crippen molar-refractivity contribution in [3.8, 4) is 17.4 Å². The van der Waals surface area contributed by atoms with E-state index in [0.29, 0.717) is 22.6 Å². The Hall–Kier alpha value is -3.45. The van der Waals surface area contributed by atoms with Crippen LogP contribution >= 0.6 is 0 Å². The molecule has 3 rings (SSSR count). The summed E-state index contributed by atoms with van der Waals surface area (Å²) in [7, 11) is 0. The third-order valence-corrected chi connectivity index (χ3v) is 3.45. The summed E-state index contributed by atoms with van der Waals surface area (Å²) < 4.78 is 19.3. The summed E-state index contributed by atoms with van der Waals surface area (Å²) in [5, 5.41) is 9.25. The third kappa shape index (κ3) is 3.16. The molecule has 4 heteroatoms. The zero-order chi connectivity index (χ0) is 16.9. The van der Waals surface area contributed by atoms with Gasteiger partial charge in [-0.25, -0.2) is 4.39 Å². The van der Waals surface area contributed by atoms with Crippen LogP contribution in [0, 0.1) is 17.1 Å². The lowest BCUT2D eigenvalue weighted by atomic mass is 10.0. The predicted octanol–water partition coefficient (Wildman–Crippen LogP) is 4.88. The largest absolute Gasteiger partial charge is 0.457 e. The van der Waals surface area contributed by atoms with Gasteiger partial charge in [0.05, 0.1) is 5.56 Å². The molecule has 0 spiro atoms. The highest BCUT2D eigenvalue weighted by molar-refractivity contribution is 6.13. The number of carbonyl (C=O) groups excluding carboxylic acids is 1.